The topological polar surface area (TPSA) is 82.1 Å². The highest BCUT2D eigenvalue weighted by atomic mass is 32.3. The van der Waals surface area contributed by atoms with Gasteiger partial charge in [-0.3, -0.25) is 4.55 Å². The van der Waals surface area contributed by atoms with Crippen molar-refractivity contribution >= 4 is 10.4 Å². The van der Waals surface area contributed by atoms with Crippen LogP contribution in [0.5, 0.6) is 0 Å². The van der Waals surface area contributed by atoms with E-state index in [4.69, 9.17) is 14.0 Å². The van der Waals surface area contributed by atoms with Crippen molar-refractivity contribution in [3.63, 3.8) is 0 Å². The van der Waals surface area contributed by atoms with Crippen LogP contribution in [0.25, 0.3) is 0 Å². The molecule has 3 unspecified atom stereocenters. The molecule has 1 aliphatic rings. The van der Waals surface area contributed by atoms with Crippen LogP contribution in [0.4, 0.5) is 0 Å². The van der Waals surface area contributed by atoms with Gasteiger partial charge in [-0.1, -0.05) is 26.7 Å². The second-order valence-electron chi connectivity index (χ2n) is 4.48. The first-order chi connectivity index (χ1) is 8.46. The lowest BCUT2D eigenvalue weighted by Gasteiger charge is -2.21. The van der Waals surface area contributed by atoms with Crippen LogP contribution in [0, 0.1) is 5.92 Å². The third-order valence-electron chi connectivity index (χ3n) is 3.01. The molecule has 0 aromatic carbocycles. The Balaban J connectivity index is 2.35. The van der Waals surface area contributed by atoms with Crippen LogP contribution in [0.15, 0.2) is 0 Å². The Hall–Kier alpha value is -0.210. The van der Waals surface area contributed by atoms with Crippen LogP contribution in [0.2, 0.25) is 0 Å². The Morgan fingerprint density at radius 2 is 2.17 bits per heavy atom. The molecule has 0 aromatic rings. The van der Waals surface area contributed by atoms with E-state index in [1.807, 2.05) is 0 Å². The van der Waals surface area contributed by atoms with E-state index in [1.54, 1.807) is 0 Å². The molecule has 7 heteroatoms. The molecular weight excluding hydrogens is 260 g/mol. The van der Waals surface area contributed by atoms with E-state index in [1.165, 1.54) is 0 Å². The highest BCUT2D eigenvalue weighted by Crippen LogP contribution is 2.26. The summed E-state index contributed by atoms with van der Waals surface area (Å²) in [6.45, 7) is 4.29. The Bertz CT molecular complexity index is 328. The minimum absolute atomic E-state index is 0.209. The third kappa shape index (κ3) is 5.62. The molecule has 108 valence electrons. The van der Waals surface area contributed by atoms with Gasteiger partial charge < -0.3 is 9.47 Å². The van der Waals surface area contributed by atoms with Gasteiger partial charge in [-0.05, 0) is 12.8 Å². The average molecular weight is 282 g/mol. The van der Waals surface area contributed by atoms with Gasteiger partial charge in [0, 0.05) is 5.92 Å². The van der Waals surface area contributed by atoms with E-state index in [0.29, 0.717) is 12.5 Å². The van der Waals surface area contributed by atoms with Gasteiger partial charge in [0.05, 0.1) is 13.2 Å². The van der Waals surface area contributed by atoms with Gasteiger partial charge in [-0.15, -0.1) is 0 Å². The summed E-state index contributed by atoms with van der Waals surface area (Å²) in [5.74, 6) is 0.320. The summed E-state index contributed by atoms with van der Waals surface area (Å²) in [4.78, 5) is 0. The minimum Gasteiger partial charge on any atom is -0.350 e. The summed E-state index contributed by atoms with van der Waals surface area (Å²) in [5, 5.41) is 0. The molecule has 1 aliphatic heterocycles. The summed E-state index contributed by atoms with van der Waals surface area (Å²) < 4.78 is 44.7. The predicted molar refractivity (Wildman–Crippen MR) is 65.4 cm³/mol. The van der Waals surface area contributed by atoms with Crippen molar-refractivity contribution in [1.29, 1.82) is 0 Å². The first-order valence-corrected chi connectivity index (χ1v) is 7.71. The molecule has 1 fully saturated rings. The molecular formula is C11H22O6S. The summed E-state index contributed by atoms with van der Waals surface area (Å²) >= 11 is 0. The monoisotopic (exact) mass is 282 g/mol. The van der Waals surface area contributed by atoms with Crippen LogP contribution in [0.3, 0.4) is 0 Å². The number of ether oxygens (including phenoxy) is 2. The number of hydrogen-bond acceptors (Lipinski definition) is 5. The van der Waals surface area contributed by atoms with Gasteiger partial charge in [0.25, 0.3) is 0 Å². The molecule has 0 saturated carbocycles. The molecule has 6 nitrogen and oxygen atoms in total. The minimum atomic E-state index is -4.40. The Morgan fingerprint density at radius 1 is 1.44 bits per heavy atom. The summed E-state index contributed by atoms with van der Waals surface area (Å²) in [7, 11) is -4.40. The Morgan fingerprint density at radius 3 is 2.72 bits per heavy atom. The molecule has 1 N–H and O–H groups in total. The lowest BCUT2D eigenvalue weighted by atomic mass is 9.99. The van der Waals surface area contributed by atoms with Crippen LogP contribution < -0.4 is 0 Å². The zero-order valence-corrected chi connectivity index (χ0v) is 11.7. The fourth-order valence-corrected chi connectivity index (χ4v) is 2.29. The number of hydrogen-bond donors (Lipinski definition) is 1. The number of rotatable bonds is 8. The molecule has 3 atom stereocenters. The molecule has 0 aromatic heterocycles. The SMILES string of the molecule is CCCCC(CC)C1OCC(COS(=O)(=O)O)O1. The molecule has 0 spiro atoms. The van der Waals surface area contributed by atoms with E-state index < -0.39 is 16.5 Å². The van der Waals surface area contributed by atoms with Crippen molar-refractivity contribution in [2.24, 2.45) is 5.92 Å². The molecule has 1 heterocycles. The predicted octanol–water partition coefficient (Wildman–Crippen LogP) is 1.76. The van der Waals surface area contributed by atoms with Crippen molar-refractivity contribution in [1.82, 2.24) is 0 Å². The van der Waals surface area contributed by atoms with Gasteiger partial charge >= 0.3 is 10.4 Å². The van der Waals surface area contributed by atoms with E-state index in [9.17, 15) is 8.42 Å². The van der Waals surface area contributed by atoms with Crippen LogP contribution in [0.1, 0.15) is 39.5 Å². The van der Waals surface area contributed by atoms with E-state index in [-0.39, 0.29) is 12.9 Å². The normalized spacial score (nSPS) is 26.4. The Labute approximate surface area is 109 Å². The highest BCUT2D eigenvalue weighted by Gasteiger charge is 2.32. The Kier molecular flexibility index (Phi) is 6.51. The fraction of sp³-hybridized carbons (Fsp3) is 1.00. The van der Waals surface area contributed by atoms with E-state index >= 15 is 0 Å². The first kappa shape index (κ1) is 15.8. The second-order valence-corrected chi connectivity index (χ2v) is 5.57. The van der Waals surface area contributed by atoms with Crippen molar-refractivity contribution in [3.05, 3.63) is 0 Å². The molecule has 0 bridgehead atoms. The maximum absolute atomic E-state index is 10.4. The molecule has 18 heavy (non-hydrogen) atoms. The maximum Gasteiger partial charge on any atom is 0.397 e. The third-order valence-corrected chi connectivity index (χ3v) is 3.45. The maximum atomic E-state index is 10.4. The van der Waals surface area contributed by atoms with E-state index in [2.05, 4.69) is 18.0 Å². The number of unbranched alkanes of at least 4 members (excludes halogenated alkanes) is 1. The largest absolute Gasteiger partial charge is 0.397 e. The van der Waals surface area contributed by atoms with Gasteiger partial charge in [0.15, 0.2) is 6.29 Å². The zero-order valence-electron chi connectivity index (χ0n) is 10.9. The lowest BCUT2D eigenvalue weighted by Crippen LogP contribution is -2.24. The van der Waals surface area contributed by atoms with E-state index in [0.717, 1.165) is 25.7 Å². The van der Waals surface area contributed by atoms with Crippen molar-refractivity contribution in [2.75, 3.05) is 13.2 Å². The van der Waals surface area contributed by atoms with Crippen LogP contribution in [-0.4, -0.2) is 38.6 Å². The smallest absolute Gasteiger partial charge is 0.350 e. The summed E-state index contributed by atoms with van der Waals surface area (Å²) in [5.41, 5.74) is 0. The molecule has 0 amide bonds. The zero-order chi connectivity index (χ0) is 13.6. The van der Waals surface area contributed by atoms with Crippen LogP contribution >= 0.6 is 0 Å². The van der Waals surface area contributed by atoms with Gasteiger partial charge in [0.1, 0.15) is 6.10 Å². The fourth-order valence-electron chi connectivity index (χ4n) is 1.97. The van der Waals surface area contributed by atoms with Crippen molar-refractivity contribution < 1.29 is 26.6 Å². The van der Waals surface area contributed by atoms with Crippen LogP contribution in [-0.2, 0) is 24.1 Å². The molecule has 0 aliphatic carbocycles. The van der Waals surface area contributed by atoms with Gasteiger partial charge in [-0.2, -0.15) is 8.42 Å². The standard InChI is InChI=1S/C11H22O6S/c1-3-5-6-9(4-2)11-15-7-10(17-11)8-16-18(12,13)14/h9-11H,3-8H2,1-2H3,(H,12,13,14). The second kappa shape index (κ2) is 7.40. The van der Waals surface area contributed by atoms with Gasteiger partial charge in [-0.25, -0.2) is 4.18 Å². The van der Waals surface area contributed by atoms with Crippen molar-refractivity contribution in [2.45, 2.75) is 51.9 Å². The molecule has 1 rings (SSSR count). The average Bonchev–Trinajstić information content (AvgIpc) is 2.75. The summed E-state index contributed by atoms with van der Waals surface area (Å²) in [6, 6.07) is 0. The lowest BCUT2D eigenvalue weighted by molar-refractivity contribution is -0.104. The van der Waals surface area contributed by atoms with Crippen molar-refractivity contribution in [3.8, 4) is 0 Å². The van der Waals surface area contributed by atoms with Gasteiger partial charge in [0.2, 0.25) is 0 Å². The summed E-state index contributed by atoms with van der Waals surface area (Å²) in [6.07, 6.45) is 3.50. The first-order valence-electron chi connectivity index (χ1n) is 6.35. The molecule has 0 radical (unpaired) electrons. The molecule has 1 saturated heterocycles. The highest BCUT2D eigenvalue weighted by molar-refractivity contribution is 7.80. The quantitative estimate of drug-likeness (QED) is 0.683.